The molecule has 0 radical (unpaired) electrons. The minimum absolute atomic E-state index is 0.334. The number of hydrogen-bond donors (Lipinski definition) is 3. The lowest BCUT2D eigenvalue weighted by molar-refractivity contribution is 0.480. The van der Waals surface area contributed by atoms with Crippen LogP contribution >= 0.6 is 0 Å². The van der Waals surface area contributed by atoms with E-state index in [0.29, 0.717) is 12.1 Å². The van der Waals surface area contributed by atoms with Crippen molar-refractivity contribution < 1.29 is 0 Å². The van der Waals surface area contributed by atoms with Crippen LogP contribution < -0.4 is 16.8 Å². The molecule has 0 aliphatic heterocycles. The highest BCUT2D eigenvalue weighted by atomic mass is 14.9. The zero-order valence-corrected chi connectivity index (χ0v) is 9.05. The molecule has 13 heavy (non-hydrogen) atoms. The van der Waals surface area contributed by atoms with Gasteiger partial charge in [-0.3, -0.25) is 0 Å². The van der Waals surface area contributed by atoms with E-state index in [-0.39, 0.29) is 0 Å². The fraction of sp³-hybridized carbons (Fsp3) is 1.00. The molecule has 0 rings (SSSR count). The Bertz CT molecular complexity index is 104. The first-order chi connectivity index (χ1) is 6.16. The Morgan fingerprint density at radius 1 is 1.15 bits per heavy atom. The van der Waals surface area contributed by atoms with Gasteiger partial charge in [0.25, 0.3) is 0 Å². The molecule has 2 atom stereocenters. The molecule has 0 amide bonds. The van der Waals surface area contributed by atoms with Gasteiger partial charge in [-0.1, -0.05) is 0 Å². The van der Waals surface area contributed by atoms with Crippen molar-refractivity contribution >= 4 is 0 Å². The maximum Gasteiger partial charge on any atom is 0.00391 e. The van der Waals surface area contributed by atoms with Gasteiger partial charge in [-0.05, 0) is 52.6 Å². The summed E-state index contributed by atoms with van der Waals surface area (Å²) in [6, 6.07) is 0.928. The van der Waals surface area contributed by atoms with E-state index in [2.05, 4.69) is 19.2 Å². The molecule has 3 nitrogen and oxygen atoms in total. The molecule has 0 aliphatic rings. The summed E-state index contributed by atoms with van der Waals surface area (Å²) in [6.07, 6.45) is 4.57. The largest absolute Gasteiger partial charge is 0.330 e. The van der Waals surface area contributed by atoms with E-state index in [1.54, 1.807) is 0 Å². The summed E-state index contributed by atoms with van der Waals surface area (Å²) in [6.45, 7) is 6.14. The van der Waals surface area contributed by atoms with Crippen molar-refractivity contribution in [2.45, 2.75) is 51.6 Å². The number of hydrogen-bond acceptors (Lipinski definition) is 3. The smallest absolute Gasteiger partial charge is 0.00391 e. The summed E-state index contributed by atoms with van der Waals surface area (Å²) < 4.78 is 0. The van der Waals surface area contributed by atoms with E-state index in [9.17, 15) is 0 Å². The van der Waals surface area contributed by atoms with Crippen LogP contribution in [0.2, 0.25) is 0 Å². The van der Waals surface area contributed by atoms with Crippen molar-refractivity contribution in [3.63, 3.8) is 0 Å². The molecule has 0 saturated carbocycles. The molecule has 0 aromatic carbocycles. The highest BCUT2D eigenvalue weighted by Crippen LogP contribution is 1.96. The van der Waals surface area contributed by atoms with Gasteiger partial charge in [0.2, 0.25) is 0 Å². The lowest BCUT2D eigenvalue weighted by Crippen LogP contribution is -2.28. The summed E-state index contributed by atoms with van der Waals surface area (Å²) in [5, 5.41) is 3.46. The Labute approximate surface area is 82.3 Å². The predicted octanol–water partition coefficient (Wildman–Crippen LogP) is 0.831. The molecule has 0 saturated heterocycles. The Hall–Kier alpha value is -0.120. The molecule has 0 bridgehead atoms. The van der Waals surface area contributed by atoms with E-state index >= 15 is 0 Å². The standard InChI is InChI=1S/C10H25N3/c1-9(12)5-4-8-13-10(2)6-3-7-11/h9-10,13H,3-8,11-12H2,1-2H3. The topological polar surface area (TPSA) is 64.1 Å². The van der Waals surface area contributed by atoms with Crippen molar-refractivity contribution in [3.05, 3.63) is 0 Å². The molecule has 0 spiro atoms. The van der Waals surface area contributed by atoms with E-state index in [1.807, 2.05) is 0 Å². The normalized spacial score (nSPS) is 15.7. The van der Waals surface area contributed by atoms with Gasteiger partial charge in [0, 0.05) is 12.1 Å². The molecule has 3 heteroatoms. The second kappa shape index (κ2) is 8.48. The van der Waals surface area contributed by atoms with E-state index < -0.39 is 0 Å². The summed E-state index contributed by atoms with van der Waals surface area (Å²) in [5.41, 5.74) is 11.1. The highest BCUT2D eigenvalue weighted by molar-refractivity contribution is 4.62. The first-order valence-corrected chi connectivity index (χ1v) is 5.36. The van der Waals surface area contributed by atoms with Gasteiger partial charge in [-0.15, -0.1) is 0 Å². The molecule has 80 valence electrons. The predicted molar refractivity (Wildman–Crippen MR) is 58.6 cm³/mol. The maximum absolute atomic E-state index is 5.65. The van der Waals surface area contributed by atoms with Gasteiger partial charge >= 0.3 is 0 Å². The zero-order valence-electron chi connectivity index (χ0n) is 9.05. The van der Waals surface area contributed by atoms with Crippen LogP contribution in [0.4, 0.5) is 0 Å². The fourth-order valence-corrected chi connectivity index (χ4v) is 1.30. The monoisotopic (exact) mass is 187 g/mol. The van der Waals surface area contributed by atoms with Crippen molar-refractivity contribution in [2.24, 2.45) is 11.5 Å². The van der Waals surface area contributed by atoms with E-state index in [4.69, 9.17) is 11.5 Å². The summed E-state index contributed by atoms with van der Waals surface area (Å²) in [7, 11) is 0. The quantitative estimate of drug-likeness (QED) is 0.493. The third-order valence-corrected chi connectivity index (χ3v) is 2.17. The van der Waals surface area contributed by atoms with Crippen LogP contribution in [-0.4, -0.2) is 25.2 Å². The Balaban J connectivity index is 3.12. The second-order valence-corrected chi connectivity index (χ2v) is 3.91. The molecular formula is C10H25N3. The molecule has 0 heterocycles. The molecule has 0 fully saturated rings. The fourth-order valence-electron chi connectivity index (χ4n) is 1.30. The van der Waals surface area contributed by atoms with Crippen LogP contribution in [0.1, 0.15) is 39.5 Å². The van der Waals surface area contributed by atoms with Crippen LogP contribution in [0, 0.1) is 0 Å². The lowest BCUT2D eigenvalue weighted by atomic mass is 10.1. The number of nitrogens with two attached hydrogens (primary N) is 2. The average molecular weight is 187 g/mol. The van der Waals surface area contributed by atoms with Crippen molar-refractivity contribution in [2.75, 3.05) is 13.1 Å². The minimum atomic E-state index is 0.334. The molecule has 2 unspecified atom stereocenters. The molecular weight excluding hydrogens is 162 g/mol. The SMILES string of the molecule is CC(N)CCCNC(C)CCCN. The van der Waals surface area contributed by atoms with Crippen LogP contribution in [0.5, 0.6) is 0 Å². The van der Waals surface area contributed by atoms with Gasteiger partial charge in [-0.2, -0.15) is 0 Å². The third kappa shape index (κ3) is 9.80. The molecule has 0 aliphatic carbocycles. The Kier molecular flexibility index (Phi) is 8.40. The third-order valence-electron chi connectivity index (χ3n) is 2.17. The number of rotatable bonds is 8. The van der Waals surface area contributed by atoms with E-state index in [0.717, 1.165) is 25.9 Å². The van der Waals surface area contributed by atoms with Gasteiger partial charge in [0.15, 0.2) is 0 Å². The molecule has 0 aromatic rings. The van der Waals surface area contributed by atoms with Crippen molar-refractivity contribution in [1.29, 1.82) is 0 Å². The van der Waals surface area contributed by atoms with Crippen molar-refractivity contribution in [3.8, 4) is 0 Å². The van der Waals surface area contributed by atoms with Crippen LogP contribution in [0.15, 0.2) is 0 Å². The van der Waals surface area contributed by atoms with Gasteiger partial charge in [-0.25, -0.2) is 0 Å². The van der Waals surface area contributed by atoms with E-state index in [1.165, 1.54) is 12.8 Å². The van der Waals surface area contributed by atoms with Crippen molar-refractivity contribution in [1.82, 2.24) is 5.32 Å². The summed E-state index contributed by atoms with van der Waals surface area (Å²) in [5.74, 6) is 0. The van der Waals surface area contributed by atoms with Crippen LogP contribution in [0.3, 0.4) is 0 Å². The highest BCUT2D eigenvalue weighted by Gasteiger charge is 2.00. The Morgan fingerprint density at radius 2 is 1.85 bits per heavy atom. The first-order valence-electron chi connectivity index (χ1n) is 5.36. The maximum atomic E-state index is 5.65. The summed E-state index contributed by atoms with van der Waals surface area (Å²) >= 11 is 0. The summed E-state index contributed by atoms with van der Waals surface area (Å²) in [4.78, 5) is 0. The Morgan fingerprint density at radius 3 is 2.38 bits per heavy atom. The average Bonchev–Trinajstić information content (AvgIpc) is 2.08. The van der Waals surface area contributed by atoms with Gasteiger partial charge in [0.05, 0.1) is 0 Å². The number of nitrogens with one attached hydrogen (secondary N) is 1. The minimum Gasteiger partial charge on any atom is -0.330 e. The van der Waals surface area contributed by atoms with Crippen LogP contribution in [-0.2, 0) is 0 Å². The van der Waals surface area contributed by atoms with Gasteiger partial charge in [0.1, 0.15) is 0 Å². The van der Waals surface area contributed by atoms with Gasteiger partial charge < -0.3 is 16.8 Å². The molecule has 5 N–H and O–H groups in total. The first kappa shape index (κ1) is 12.9. The lowest BCUT2D eigenvalue weighted by Gasteiger charge is -2.13. The van der Waals surface area contributed by atoms with Crippen LogP contribution in [0.25, 0.3) is 0 Å². The second-order valence-electron chi connectivity index (χ2n) is 3.91. The zero-order chi connectivity index (χ0) is 10.1. The molecule has 0 aromatic heterocycles.